The summed E-state index contributed by atoms with van der Waals surface area (Å²) in [5.41, 5.74) is 1.42. The van der Waals surface area contributed by atoms with Gasteiger partial charge in [0.15, 0.2) is 5.78 Å². The van der Waals surface area contributed by atoms with Crippen molar-refractivity contribution in [1.82, 2.24) is 0 Å². The van der Waals surface area contributed by atoms with Gasteiger partial charge in [0.2, 0.25) is 0 Å². The topological polar surface area (TPSA) is 40.9 Å². The molecule has 2 nitrogen and oxygen atoms in total. The number of carbonyl (C=O) groups is 1. The highest BCUT2D eigenvalue weighted by Gasteiger charge is 1.97. The molecule has 68 valence electrons. The summed E-state index contributed by atoms with van der Waals surface area (Å²) < 4.78 is 0. The van der Waals surface area contributed by atoms with Crippen molar-refractivity contribution in [2.75, 3.05) is 0 Å². The molecule has 1 rings (SSSR count). The molecule has 0 heterocycles. The highest BCUT2D eigenvalue weighted by atomic mass is 16.1. The zero-order valence-corrected chi connectivity index (χ0v) is 7.87. The van der Waals surface area contributed by atoms with Crippen LogP contribution < -0.4 is 0 Å². The Hall–Kier alpha value is -2.06. The van der Waals surface area contributed by atoms with E-state index in [9.17, 15) is 4.79 Å². The Balaban J connectivity index is 2.92. The van der Waals surface area contributed by atoms with Crippen molar-refractivity contribution in [3.05, 3.63) is 35.4 Å². The van der Waals surface area contributed by atoms with Crippen molar-refractivity contribution in [3.63, 3.8) is 0 Å². The molecule has 14 heavy (non-hydrogen) atoms. The van der Waals surface area contributed by atoms with E-state index in [4.69, 9.17) is 5.26 Å². The third kappa shape index (κ3) is 2.77. The van der Waals surface area contributed by atoms with Gasteiger partial charge in [-0.15, -0.1) is 0 Å². The Kier molecular flexibility index (Phi) is 3.47. The Morgan fingerprint density at radius 1 is 1.50 bits per heavy atom. The minimum Gasteiger partial charge on any atom is -0.295 e. The average Bonchev–Trinajstić information content (AvgIpc) is 2.19. The molecule has 0 spiro atoms. The van der Waals surface area contributed by atoms with E-state index in [0.29, 0.717) is 5.56 Å². The highest BCUT2D eigenvalue weighted by molar-refractivity contribution is 5.94. The van der Waals surface area contributed by atoms with Crippen LogP contribution in [-0.4, -0.2) is 5.78 Å². The van der Waals surface area contributed by atoms with Crippen LogP contribution in [0.4, 0.5) is 0 Å². The van der Waals surface area contributed by atoms with Gasteiger partial charge in [0.25, 0.3) is 0 Å². The number of hydrogen-bond donors (Lipinski definition) is 0. The van der Waals surface area contributed by atoms with Crippen LogP contribution in [0.25, 0.3) is 0 Å². The molecule has 0 saturated heterocycles. The van der Waals surface area contributed by atoms with Crippen LogP contribution in [0.15, 0.2) is 24.3 Å². The number of carbonyl (C=O) groups excluding carboxylic acids is 1. The van der Waals surface area contributed by atoms with E-state index in [1.807, 2.05) is 12.1 Å². The third-order valence-electron chi connectivity index (χ3n) is 1.67. The molecule has 0 aliphatic rings. The molecule has 0 unspecified atom stereocenters. The maximum atomic E-state index is 11.0. The maximum Gasteiger partial charge on any atom is 0.159 e. The summed E-state index contributed by atoms with van der Waals surface area (Å²) in [6.45, 7) is 1.52. The van der Waals surface area contributed by atoms with Crippen LogP contribution in [0.5, 0.6) is 0 Å². The molecule has 1 aromatic rings. The van der Waals surface area contributed by atoms with Gasteiger partial charge < -0.3 is 0 Å². The molecule has 1 aromatic carbocycles. The van der Waals surface area contributed by atoms with E-state index in [1.165, 1.54) is 6.92 Å². The quantitative estimate of drug-likeness (QED) is 0.494. The Morgan fingerprint density at radius 2 is 2.29 bits per heavy atom. The summed E-state index contributed by atoms with van der Waals surface area (Å²) in [6.07, 6.45) is 0.213. The third-order valence-corrected chi connectivity index (χ3v) is 1.67. The van der Waals surface area contributed by atoms with E-state index in [0.717, 1.165) is 5.56 Å². The molecule has 0 aromatic heterocycles. The predicted molar refractivity (Wildman–Crippen MR) is 53.6 cm³/mol. The largest absolute Gasteiger partial charge is 0.295 e. The number of nitriles is 1. The number of ketones is 1. The molecule has 0 amide bonds. The van der Waals surface area contributed by atoms with E-state index < -0.39 is 0 Å². The molecule has 0 atom stereocenters. The Morgan fingerprint density at radius 3 is 2.93 bits per heavy atom. The fraction of sp³-hybridized carbons (Fsp3) is 0.167. The molecule has 0 bridgehead atoms. The predicted octanol–water partition coefficient (Wildman–Crippen LogP) is 2.15. The van der Waals surface area contributed by atoms with Crippen molar-refractivity contribution in [3.8, 4) is 17.9 Å². The van der Waals surface area contributed by atoms with Gasteiger partial charge in [-0.1, -0.05) is 24.0 Å². The second kappa shape index (κ2) is 4.84. The number of Topliss-reactive ketones (excluding diaryl/α,β-unsaturated/α-hetero) is 1. The van der Waals surface area contributed by atoms with Crippen molar-refractivity contribution < 1.29 is 4.79 Å². The summed E-state index contributed by atoms with van der Waals surface area (Å²) in [5.74, 6) is 5.53. The minimum absolute atomic E-state index is 0.0222. The number of nitrogens with zero attached hydrogens (tertiary/aromatic N) is 1. The summed E-state index contributed by atoms with van der Waals surface area (Å²) in [7, 11) is 0. The molecule has 0 aliphatic carbocycles. The fourth-order valence-corrected chi connectivity index (χ4v) is 1.00. The zero-order valence-electron chi connectivity index (χ0n) is 7.87. The fourth-order valence-electron chi connectivity index (χ4n) is 1.00. The van der Waals surface area contributed by atoms with Gasteiger partial charge in [0.1, 0.15) is 0 Å². The van der Waals surface area contributed by atoms with Gasteiger partial charge in [-0.25, -0.2) is 0 Å². The SMILES string of the molecule is CC(=O)c1cccc(C#CCC#N)c1. The summed E-state index contributed by atoms with van der Waals surface area (Å²) in [6, 6.07) is 9.01. The van der Waals surface area contributed by atoms with Crippen molar-refractivity contribution >= 4 is 5.78 Å². The van der Waals surface area contributed by atoms with Gasteiger partial charge in [-0.2, -0.15) is 5.26 Å². The lowest BCUT2D eigenvalue weighted by molar-refractivity contribution is 0.101. The van der Waals surface area contributed by atoms with Crippen molar-refractivity contribution in [1.29, 1.82) is 5.26 Å². The van der Waals surface area contributed by atoms with Gasteiger partial charge in [-0.05, 0) is 19.1 Å². The molecular formula is C12H9NO. The van der Waals surface area contributed by atoms with Gasteiger partial charge in [0, 0.05) is 11.1 Å². The lowest BCUT2D eigenvalue weighted by Gasteiger charge is -1.94. The Bertz CT molecular complexity index is 443. The van der Waals surface area contributed by atoms with Gasteiger partial charge in [-0.3, -0.25) is 4.79 Å². The van der Waals surface area contributed by atoms with E-state index >= 15 is 0 Å². The molecule has 0 saturated carbocycles. The second-order valence-electron chi connectivity index (χ2n) is 2.77. The summed E-state index contributed by atoms with van der Waals surface area (Å²) in [4.78, 5) is 11.0. The lowest BCUT2D eigenvalue weighted by atomic mass is 10.1. The van der Waals surface area contributed by atoms with Crippen molar-refractivity contribution in [2.45, 2.75) is 13.3 Å². The maximum absolute atomic E-state index is 11.0. The average molecular weight is 183 g/mol. The highest BCUT2D eigenvalue weighted by Crippen LogP contribution is 2.04. The zero-order chi connectivity index (χ0) is 10.4. The molecule has 0 fully saturated rings. The molecular weight excluding hydrogens is 174 g/mol. The number of rotatable bonds is 1. The molecule has 0 radical (unpaired) electrons. The molecule has 0 N–H and O–H groups in total. The first-order chi connectivity index (χ1) is 6.74. The molecule has 2 heteroatoms. The molecule has 0 aliphatic heterocycles. The van der Waals surface area contributed by atoms with E-state index in [2.05, 4.69) is 11.8 Å². The number of benzene rings is 1. The van der Waals surface area contributed by atoms with Crippen molar-refractivity contribution in [2.24, 2.45) is 0 Å². The second-order valence-corrected chi connectivity index (χ2v) is 2.77. The first kappa shape index (κ1) is 10.0. The first-order valence-corrected chi connectivity index (χ1v) is 4.21. The first-order valence-electron chi connectivity index (χ1n) is 4.21. The lowest BCUT2D eigenvalue weighted by Crippen LogP contribution is -1.91. The number of hydrogen-bond acceptors (Lipinski definition) is 2. The van der Waals surface area contributed by atoms with Crippen LogP contribution in [0.3, 0.4) is 0 Å². The normalized spacial score (nSPS) is 8.29. The van der Waals surface area contributed by atoms with Crippen LogP contribution in [0, 0.1) is 23.2 Å². The standard InChI is InChI=1S/C12H9NO/c1-10(14)12-7-4-6-11(9-12)5-2-3-8-13/h4,6-7,9H,3H2,1H3. The summed E-state index contributed by atoms with van der Waals surface area (Å²) in [5, 5.41) is 8.28. The van der Waals surface area contributed by atoms with Crippen LogP contribution in [0.1, 0.15) is 29.3 Å². The van der Waals surface area contributed by atoms with Crippen LogP contribution in [-0.2, 0) is 0 Å². The van der Waals surface area contributed by atoms with Crippen LogP contribution in [0.2, 0.25) is 0 Å². The monoisotopic (exact) mass is 183 g/mol. The smallest absolute Gasteiger partial charge is 0.159 e. The van der Waals surface area contributed by atoms with E-state index in [-0.39, 0.29) is 12.2 Å². The summed E-state index contributed by atoms with van der Waals surface area (Å²) >= 11 is 0. The van der Waals surface area contributed by atoms with Crippen LogP contribution >= 0.6 is 0 Å². The minimum atomic E-state index is 0.0222. The Labute approximate surface area is 83.2 Å². The van der Waals surface area contributed by atoms with Gasteiger partial charge >= 0.3 is 0 Å². The van der Waals surface area contributed by atoms with E-state index in [1.54, 1.807) is 18.2 Å². The van der Waals surface area contributed by atoms with Gasteiger partial charge in [0.05, 0.1) is 12.5 Å².